The smallest absolute Gasteiger partial charge is 0.238 e. The van der Waals surface area contributed by atoms with Crippen LogP contribution in [0.3, 0.4) is 0 Å². The van der Waals surface area contributed by atoms with Gasteiger partial charge in [-0.25, -0.2) is 0 Å². The Morgan fingerprint density at radius 3 is 2.37 bits per heavy atom. The first-order valence-corrected chi connectivity index (χ1v) is 9.51. The lowest BCUT2D eigenvalue weighted by molar-refractivity contribution is -0.117. The number of nitrogens with one attached hydrogen (secondary N) is 1. The molecule has 0 aliphatic carbocycles. The van der Waals surface area contributed by atoms with Gasteiger partial charge in [-0.15, -0.1) is 0 Å². The Morgan fingerprint density at radius 1 is 1.04 bits per heavy atom. The number of nitrogens with zero attached hydrogens (tertiary/aromatic N) is 1. The third-order valence-electron chi connectivity index (χ3n) is 4.14. The molecule has 0 atom stereocenters. The molecule has 0 heterocycles. The fourth-order valence-electron chi connectivity index (χ4n) is 2.76. The molecule has 0 saturated heterocycles. The highest BCUT2D eigenvalue weighted by molar-refractivity contribution is 5.94. The van der Waals surface area contributed by atoms with Crippen molar-refractivity contribution >= 4 is 11.6 Å². The molecule has 5 heteroatoms. The number of benzene rings is 2. The zero-order chi connectivity index (χ0) is 19.6. The van der Waals surface area contributed by atoms with E-state index in [0.29, 0.717) is 36.9 Å². The zero-order valence-corrected chi connectivity index (χ0v) is 16.7. The monoisotopic (exact) mass is 370 g/mol. The van der Waals surface area contributed by atoms with E-state index < -0.39 is 0 Å². The first kappa shape index (κ1) is 20.8. The summed E-state index contributed by atoms with van der Waals surface area (Å²) >= 11 is 0. The molecule has 0 unspecified atom stereocenters. The molecule has 27 heavy (non-hydrogen) atoms. The maximum atomic E-state index is 12.7. The van der Waals surface area contributed by atoms with Gasteiger partial charge in [-0.2, -0.15) is 0 Å². The number of amides is 1. The molecule has 0 aliphatic rings. The minimum Gasteiger partial charge on any atom is -0.494 e. The van der Waals surface area contributed by atoms with Gasteiger partial charge in [0, 0.05) is 18.7 Å². The molecule has 2 rings (SSSR count). The Balaban J connectivity index is 2.08. The molecule has 146 valence electrons. The van der Waals surface area contributed by atoms with E-state index in [9.17, 15) is 4.79 Å². The molecule has 0 saturated carbocycles. The molecule has 5 nitrogen and oxygen atoms in total. The molecular weight excluding hydrogens is 340 g/mol. The summed E-state index contributed by atoms with van der Waals surface area (Å²) in [6.07, 6.45) is 0. The number of hydrogen-bond donors (Lipinski definition) is 1. The van der Waals surface area contributed by atoms with Crippen LogP contribution < -0.4 is 14.8 Å². The van der Waals surface area contributed by atoms with E-state index in [4.69, 9.17) is 9.47 Å². The fraction of sp³-hybridized carbons (Fsp3) is 0.409. The van der Waals surface area contributed by atoms with Gasteiger partial charge in [0.05, 0.1) is 25.4 Å². The molecule has 1 amide bonds. The van der Waals surface area contributed by atoms with E-state index in [1.807, 2.05) is 50.2 Å². The molecule has 2 aromatic rings. The molecule has 0 bridgehead atoms. The summed E-state index contributed by atoms with van der Waals surface area (Å²) in [5.74, 6) is 1.28. The Hall–Kier alpha value is -2.53. The first-order chi connectivity index (χ1) is 13.0. The van der Waals surface area contributed by atoms with Crippen molar-refractivity contribution in [3.8, 4) is 11.5 Å². The van der Waals surface area contributed by atoms with Crippen LogP contribution in [0.15, 0.2) is 48.5 Å². The van der Waals surface area contributed by atoms with Crippen molar-refractivity contribution in [2.75, 3.05) is 25.1 Å². The number of anilines is 1. The van der Waals surface area contributed by atoms with E-state index in [-0.39, 0.29) is 11.9 Å². The van der Waals surface area contributed by atoms with E-state index >= 15 is 0 Å². The van der Waals surface area contributed by atoms with Crippen molar-refractivity contribution in [3.05, 3.63) is 54.1 Å². The van der Waals surface area contributed by atoms with Crippen molar-refractivity contribution in [1.29, 1.82) is 0 Å². The predicted octanol–water partition coefficient (Wildman–Crippen LogP) is 4.33. The second kappa shape index (κ2) is 10.6. The van der Waals surface area contributed by atoms with E-state index in [1.165, 1.54) is 5.56 Å². The quantitative estimate of drug-likeness (QED) is 0.676. The van der Waals surface area contributed by atoms with Gasteiger partial charge in [0.1, 0.15) is 11.5 Å². The van der Waals surface area contributed by atoms with Gasteiger partial charge in [-0.1, -0.05) is 30.3 Å². The maximum Gasteiger partial charge on any atom is 0.238 e. The van der Waals surface area contributed by atoms with Crippen LogP contribution in [0.1, 0.15) is 33.3 Å². The molecule has 0 aromatic heterocycles. The maximum absolute atomic E-state index is 12.7. The number of hydrogen-bond acceptors (Lipinski definition) is 4. The minimum absolute atomic E-state index is 0.0748. The van der Waals surface area contributed by atoms with E-state index in [1.54, 1.807) is 0 Å². The van der Waals surface area contributed by atoms with Crippen molar-refractivity contribution < 1.29 is 14.3 Å². The summed E-state index contributed by atoms with van der Waals surface area (Å²) < 4.78 is 11.2. The average molecular weight is 370 g/mol. The summed E-state index contributed by atoms with van der Waals surface area (Å²) in [4.78, 5) is 14.8. The molecule has 0 aliphatic heterocycles. The lowest BCUT2D eigenvalue weighted by Crippen LogP contribution is -2.37. The molecule has 0 fully saturated rings. The SMILES string of the molecule is CCOc1ccc(OCC)c(NC(=O)CN(Cc2ccccc2)C(C)C)c1. The van der Waals surface area contributed by atoms with Crippen LogP contribution in [0, 0.1) is 0 Å². The van der Waals surface area contributed by atoms with Crippen molar-refractivity contribution in [2.24, 2.45) is 0 Å². The third kappa shape index (κ3) is 6.61. The van der Waals surface area contributed by atoms with Gasteiger partial charge >= 0.3 is 0 Å². The van der Waals surface area contributed by atoms with Crippen LogP contribution in [-0.2, 0) is 11.3 Å². The molecule has 0 spiro atoms. The van der Waals surface area contributed by atoms with Gasteiger partial charge in [0.2, 0.25) is 5.91 Å². The topological polar surface area (TPSA) is 50.8 Å². The lowest BCUT2D eigenvalue weighted by atomic mass is 10.2. The minimum atomic E-state index is -0.0748. The number of carbonyl (C=O) groups is 1. The Morgan fingerprint density at radius 2 is 1.74 bits per heavy atom. The second-order valence-electron chi connectivity index (χ2n) is 6.56. The van der Waals surface area contributed by atoms with Crippen LogP contribution in [0.25, 0.3) is 0 Å². The number of ether oxygens (including phenoxy) is 2. The normalized spacial score (nSPS) is 10.9. The Bertz CT molecular complexity index is 717. The van der Waals surface area contributed by atoms with Crippen molar-refractivity contribution in [3.63, 3.8) is 0 Å². The van der Waals surface area contributed by atoms with Gasteiger partial charge < -0.3 is 14.8 Å². The van der Waals surface area contributed by atoms with Gasteiger partial charge in [0.25, 0.3) is 0 Å². The Labute approximate surface area is 162 Å². The summed E-state index contributed by atoms with van der Waals surface area (Å²) in [7, 11) is 0. The molecule has 0 radical (unpaired) electrons. The number of rotatable bonds is 10. The highest BCUT2D eigenvalue weighted by Gasteiger charge is 2.16. The van der Waals surface area contributed by atoms with Gasteiger partial charge in [0.15, 0.2) is 0 Å². The molecule has 2 aromatic carbocycles. The van der Waals surface area contributed by atoms with Crippen LogP contribution in [0.4, 0.5) is 5.69 Å². The molecule has 1 N–H and O–H groups in total. The predicted molar refractivity (Wildman–Crippen MR) is 109 cm³/mol. The van der Waals surface area contributed by atoms with E-state index in [2.05, 4.69) is 36.2 Å². The second-order valence-corrected chi connectivity index (χ2v) is 6.56. The summed E-state index contributed by atoms with van der Waals surface area (Å²) in [6.45, 7) is 10.2. The average Bonchev–Trinajstić information content (AvgIpc) is 2.64. The third-order valence-corrected chi connectivity index (χ3v) is 4.14. The molecular formula is C22H30N2O3. The van der Waals surface area contributed by atoms with Crippen LogP contribution in [0.5, 0.6) is 11.5 Å². The highest BCUT2D eigenvalue weighted by Crippen LogP contribution is 2.29. The van der Waals surface area contributed by atoms with Gasteiger partial charge in [-0.3, -0.25) is 9.69 Å². The first-order valence-electron chi connectivity index (χ1n) is 9.51. The summed E-state index contributed by atoms with van der Waals surface area (Å²) in [5.41, 5.74) is 1.82. The van der Waals surface area contributed by atoms with Crippen LogP contribution in [-0.4, -0.2) is 36.6 Å². The van der Waals surface area contributed by atoms with Crippen molar-refractivity contribution in [1.82, 2.24) is 4.90 Å². The van der Waals surface area contributed by atoms with Gasteiger partial charge in [-0.05, 0) is 45.4 Å². The Kier molecular flexibility index (Phi) is 8.14. The zero-order valence-electron chi connectivity index (χ0n) is 16.7. The summed E-state index contributed by atoms with van der Waals surface area (Å²) in [5, 5.41) is 2.98. The van der Waals surface area contributed by atoms with Crippen LogP contribution in [0.2, 0.25) is 0 Å². The van der Waals surface area contributed by atoms with Crippen LogP contribution >= 0.6 is 0 Å². The largest absolute Gasteiger partial charge is 0.494 e. The standard InChI is InChI=1S/C22H30N2O3/c1-5-26-19-12-13-21(27-6-2)20(14-19)23-22(25)16-24(17(3)4)15-18-10-8-7-9-11-18/h7-14,17H,5-6,15-16H2,1-4H3,(H,23,25). The lowest BCUT2D eigenvalue weighted by Gasteiger charge is -2.26. The highest BCUT2D eigenvalue weighted by atomic mass is 16.5. The number of carbonyl (C=O) groups excluding carboxylic acids is 1. The fourth-order valence-corrected chi connectivity index (χ4v) is 2.76. The van der Waals surface area contributed by atoms with Crippen molar-refractivity contribution in [2.45, 2.75) is 40.3 Å². The van der Waals surface area contributed by atoms with E-state index in [0.717, 1.165) is 6.54 Å². The summed E-state index contributed by atoms with van der Waals surface area (Å²) in [6, 6.07) is 15.9.